The van der Waals surface area contributed by atoms with E-state index >= 15 is 0 Å². The van der Waals surface area contributed by atoms with Crippen LogP contribution in [-0.2, 0) is 4.79 Å². The second-order valence-electron chi connectivity index (χ2n) is 8.78. The van der Waals surface area contributed by atoms with Gasteiger partial charge in [-0.05, 0) is 67.4 Å². The number of para-hydroxylation sites is 2. The van der Waals surface area contributed by atoms with Crippen LogP contribution in [0.5, 0.6) is 0 Å². The van der Waals surface area contributed by atoms with Crippen molar-refractivity contribution >= 4 is 23.2 Å². The zero-order chi connectivity index (χ0) is 24.4. The van der Waals surface area contributed by atoms with Gasteiger partial charge in [0.05, 0.1) is 11.7 Å². The van der Waals surface area contributed by atoms with Gasteiger partial charge in [0.1, 0.15) is 0 Å². The molecule has 176 valence electrons. The first-order valence-electron chi connectivity index (χ1n) is 12.0. The Kier molecular flexibility index (Phi) is 6.19. The molecule has 3 aromatic carbocycles. The summed E-state index contributed by atoms with van der Waals surface area (Å²) in [5, 5.41) is 4.25. The molecule has 6 heteroatoms. The Labute approximate surface area is 205 Å². The summed E-state index contributed by atoms with van der Waals surface area (Å²) in [7, 11) is 0. The van der Waals surface area contributed by atoms with Crippen molar-refractivity contribution < 1.29 is 9.59 Å². The first-order chi connectivity index (χ1) is 17.1. The highest BCUT2D eigenvalue weighted by molar-refractivity contribution is 6.07. The first kappa shape index (κ1) is 22.6. The normalized spacial score (nSPS) is 17.0. The Hall–Kier alpha value is -4.19. The highest BCUT2D eigenvalue weighted by atomic mass is 16.2. The molecule has 0 saturated heterocycles. The molecule has 0 bridgehead atoms. The van der Waals surface area contributed by atoms with Crippen molar-refractivity contribution in [2.24, 2.45) is 0 Å². The fraction of sp³-hybridized carbons (Fsp3) is 0.207. The van der Waals surface area contributed by atoms with E-state index in [-0.39, 0.29) is 23.9 Å². The van der Waals surface area contributed by atoms with Gasteiger partial charge in [-0.1, -0.05) is 43.3 Å². The third-order valence-corrected chi connectivity index (χ3v) is 6.58. The Morgan fingerprint density at radius 1 is 0.943 bits per heavy atom. The zero-order valence-corrected chi connectivity index (χ0v) is 19.9. The monoisotopic (exact) mass is 464 g/mol. The van der Waals surface area contributed by atoms with Crippen LogP contribution in [0.15, 0.2) is 97.3 Å². The van der Waals surface area contributed by atoms with E-state index in [1.807, 2.05) is 108 Å². The summed E-state index contributed by atoms with van der Waals surface area (Å²) in [5.74, 6) is 0.0145. The summed E-state index contributed by atoms with van der Waals surface area (Å²) >= 11 is 0. The van der Waals surface area contributed by atoms with E-state index in [0.717, 1.165) is 22.6 Å². The first-order valence-corrected chi connectivity index (χ1v) is 12.0. The van der Waals surface area contributed by atoms with Crippen LogP contribution in [0, 0.1) is 0 Å². The van der Waals surface area contributed by atoms with Crippen LogP contribution in [0.4, 0.5) is 11.4 Å². The Balaban J connectivity index is 1.51. The van der Waals surface area contributed by atoms with Gasteiger partial charge in [0.25, 0.3) is 5.91 Å². The number of anilines is 2. The predicted molar refractivity (Wildman–Crippen MR) is 138 cm³/mol. The molecule has 5 rings (SSSR count). The lowest BCUT2D eigenvalue weighted by atomic mass is 9.89. The molecule has 0 spiro atoms. The van der Waals surface area contributed by atoms with Crippen molar-refractivity contribution in [3.63, 3.8) is 0 Å². The standard InChI is InChI=1S/C29H28N4O2/c1-3-28(34)33(24-10-5-4-6-11-24)27-20-21(2)32(26-13-8-7-12-25(26)27)29(35)22-14-16-23(17-15-22)31-19-9-18-30-31/h4-19,21,27H,3,20H2,1-2H3/t21-,27+/m0/s1. The number of rotatable bonds is 5. The molecule has 0 unspecified atom stereocenters. The van der Waals surface area contributed by atoms with E-state index in [0.29, 0.717) is 18.4 Å². The van der Waals surface area contributed by atoms with Crippen molar-refractivity contribution in [3.8, 4) is 5.69 Å². The van der Waals surface area contributed by atoms with Crippen LogP contribution in [0.25, 0.3) is 5.69 Å². The minimum atomic E-state index is -0.151. The average Bonchev–Trinajstić information content (AvgIpc) is 3.44. The van der Waals surface area contributed by atoms with Crippen LogP contribution in [0.2, 0.25) is 0 Å². The largest absolute Gasteiger partial charge is 0.305 e. The number of amides is 2. The SMILES string of the molecule is CCC(=O)N(c1ccccc1)[C@@H]1C[C@H](C)N(C(=O)c2ccc(-n3cccn3)cc2)c2ccccc21. The van der Waals surface area contributed by atoms with Gasteiger partial charge in [-0.2, -0.15) is 5.10 Å². The third kappa shape index (κ3) is 4.23. The number of hydrogen-bond acceptors (Lipinski definition) is 3. The maximum atomic E-state index is 13.7. The van der Waals surface area contributed by atoms with Crippen LogP contribution >= 0.6 is 0 Å². The maximum Gasteiger partial charge on any atom is 0.258 e. The summed E-state index contributed by atoms with van der Waals surface area (Å²) < 4.78 is 1.76. The number of benzene rings is 3. The Morgan fingerprint density at radius 2 is 1.66 bits per heavy atom. The Morgan fingerprint density at radius 3 is 2.34 bits per heavy atom. The number of fused-ring (bicyclic) bond motifs is 1. The second kappa shape index (κ2) is 9.58. The molecular weight excluding hydrogens is 436 g/mol. The predicted octanol–water partition coefficient (Wildman–Crippen LogP) is 5.80. The molecule has 0 N–H and O–H groups in total. The van der Waals surface area contributed by atoms with E-state index in [2.05, 4.69) is 12.0 Å². The molecule has 35 heavy (non-hydrogen) atoms. The van der Waals surface area contributed by atoms with E-state index in [9.17, 15) is 9.59 Å². The minimum absolute atomic E-state index is 0.0523. The molecule has 2 amide bonds. The van der Waals surface area contributed by atoms with Crippen LogP contribution in [0.1, 0.15) is 48.7 Å². The summed E-state index contributed by atoms with van der Waals surface area (Å²) in [6.45, 7) is 3.94. The number of hydrogen-bond donors (Lipinski definition) is 0. The lowest BCUT2D eigenvalue weighted by Gasteiger charge is -2.43. The lowest BCUT2D eigenvalue weighted by Crippen LogP contribution is -2.47. The van der Waals surface area contributed by atoms with Crippen LogP contribution in [-0.4, -0.2) is 27.6 Å². The van der Waals surface area contributed by atoms with E-state index in [4.69, 9.17) is 0 Å². The second-order valence-corrected chi connectivity index (χ2v) is 8.78. The van der Waals surface area contributed by atoms with E-state index in [1.54, 1.807) is 10.9 Å². The van der Waals surface area contributed by atoms with Gasteiger partial charge in [0.2, 0.25) is 5.91 Å². The molecule has 1 aromatic heterocycles. The van der Waals surface area contributed by atoms with Gasteiger partial charge in [-0.15, -0.1) is 0 Å². The average molecular weight is 465 g/mol. The van der Waals surface area contributed by atoms with Gasteiger partial charge < -0.3 is 9.80 Å². The molecule has 0 radical (unpaired) electrons. The third-order valence-electron chi connectivity index (χ3n) is 6.58. The highest BCUT2D eigenvalue weighted by Crippen LogP contribution is 2.42. The maximum absolute atomic E-state index is 13.7. The summed E-state index contributed by atoms with van der Waals surface area (Å²) in [6.07, 6.45) is 4.65. The molecule has 2 heterocycles. The van der Waals surface area contributed by atoms with Crippen molar-refractivity contribution in [2.75, 3.05) is 9.80 Å². The fourth-order valence-electron chi connectivity index (χ4n) is 4.91. The van der Waals surface area contributed by atoms with Crippen LogP contribution < -0.4 is 9.80 Å². The van der Waals surface area contributed by atoms with Crippen molar-refractivity contribution in [3.05, 3.63) is 108 Å². The molecule has 2 atom stereocenters. The topological polar surface area (TPSA) is 58.4 Å². The summed E-state index contributed by atoms with van der Waals surface area (Å²) in [4.78, 5) is 30.6. The van der Waals surface area contributed by atoms with Gasteiger partial charge in [-0.3, -0.25) is 9.59 Å². The molecule has 1 aliphatic rings. The quantitative estimate of drug-likeness (QED) is 0.375. The molecule has 1 aliphatic heterocycles. The smallest absolute Gasteiger partial charge is 0.258 e. The number of nitrogens with zero attached hydrogens (tertiary/aromatic N) is 4. The lowest BCUT2D eigenvalue weighted by molar-refractivity contribution is -0.118. The zero-order valence-electron chi connectivity index (χ0n) is 19.9. The molecule has 6 nitrogen and oxygen atoms in total. The van der Waals surface area contributed by atoms with Crippen LogP contribution in [0.3, 0.4) is 0 Å². The highest BCUT2D eigenvalue weighted by Gasteiger charge is 2.38. The van der Waals surface area contributed by atoms with Crippen molar-refractivity contribution in [1.29, 1.82) is 0 Å². The van der Waals surface area contributed by atoms with E-state index in [1.165, 1.54) is 0 Å². The minimum Gasteiger partial charge on any atom is -0.305 e. The molecule has 0 fully saturated rings. The number of carbonyl (C=O) groups excluding carboxylic acids is 2. The van der Waals surface area contributed by atoms with Gasteiger partial charge in [0, 0.05) is 41.8 Å². The molecule has 0 aliphatic carbocycles. The molecule has 0 saturated carbocycles. The summed E-state index contributed by atoms with van der Waals surface area (Å²) in [5.41, 5.74) is 4.22. The Bertz CT molecular complexity index is 1320. The number of carbonyl (C=O) groups is 2. The van der Waals surface area contributed by atoms with Crippen molar-refractivity contribution in [2.45, 2.75) is 38.8 Å². The summed E-state index contributed by atoms with van der Waals surface area (Å²) in [6, 6.07) is 26.9. The van der Waals surface area contributed by atoms with Crippen molar-refractivity contribution in [1.82, 2.24) is 9.78 Å². The van der Waals surface area contributed by atoms with Gasteiger partial charge in [-0.25, -0.2) is 4.68 Å². The fourth-order valence-corrected chi connectivity index (χ4v) is 4.91. The molecule has 4 aromatic rings. The van der Waals surface area contributed by atoms with Gasteiger partial charge >= 0.3 is 0 Å². The molecular formula is C29H28N4O2. The van der Waals surface area contributed by atoms with E-state index < -0.39 is 0 Å². The van der Waals surface area contributed by atoms with Gasteiger partial charge in [0.15, 0.2) is 0 Å². The number of aromatic nitrogens is 2.